The van der Waals surface area contributed by atoms with Gasteiger partial charge in [-0.1, -0.05) is 12.5 Å². The van der Waals surface area contributed by atoms with Crippen molar-refractivity contribution in [2.24, 2.45) is 5.84 Å². The Bertz CT molecular complexity index is 519. The number of hydrogen-bond donors (Lipinski definition) is 2. The molecule has 0 spiro atoms. The van der Waals surface area contributed by atoms with Crippen molar-refractivity contribution in [1.29, 1.82) is 0 Å². The average molecular weight is 262 g/mol. The Morgan fingerprint density at radius 1 is 1.32 bits per heavy atom. The Hall–Kier alpha value is -1.55. The molecule has 1 aromatic rings. The van der Waals surface area contributed by atoms with Crippen LogP contribution in [0.3, 0.4) is 0 Å². The lowest BCUT2D eigenvalue weighted by Crippen LogP contribution is -2.51. The number of ether oxygens (including phenoxy) is 1. The minimum atomic E-state index is -0.444. The lowest BCUT2D eigenvalue weighted by molar-refractivity contribution is -0.130. The molecule has 0 radical (unpaired) electrons. The van der Waals surface area contributed by atoms with Crippen molar-refractivity contribution in [3.05, 3.63) is 28.3 Å². The average Bonchev–Trinajstić information content (AvgIpc) is 2.34. The van der Waals surface area contributed by atoms with Gasteiger partial charge in [-0.15, -0.1) is 0 Å². The van der Waals surface area contributed by atoms with Crippen molar-refractivity contribution in [2.75, 3.05) is 7.11 Å². The van der Waals surface area contributed by atoms with E-state index in [-0.39, 0.29) is 5.91 Å². The first-order valence-corrected chi connectivity index (χ1v) is 6.64. The fraction of sp³-hybridized carbons (Fsp3) is 0.533. The van der Waals surface area contributed by atoms with E-state index in [9.17, 15) is 4.79 Å². The van der Waals surface area contributed by atoms with E-state index in [1.807, 2.05) is 13.8 Å². The van der Waals surface area contributed by atoms with Crippen LogP contribution < -0.4 is 16.0 Å². The normalized spacial score (nSPS) is 16.7. The molecule has 1 aliphatic carbocycles. The van der Waals surface area contributed by atoms with Crippen LogP contribution in [0.4, 0.5) is 0 Å². The molecule has 0 atom stereocenters. The van der Waals surface area contributed by atoms with E-state index < -0.39 is 5.41 Å². The van der Waals surface area contributed by atoms with Gasteiger partial charge in [-0.05, 0) is 55.9 Å². The summed E-state index contributed by atoms with van der Waals surface area (Å²) in [6, 6.07) is 2.08. The SMILES string of the molecule is COc1c(C)cc(C2(C(=O)NN)CCC2)c(C)c1C. The largest absolute Gasteiger partial charge is 0.496 e. The highest BCUT2D eigenvalue weighted by Crippen LogP contribution is 2.47. The first-order valence-electron chi connectivity index (χ1n) is 6.64. The topological polar surface area (TPSA) is 64.3 Å². The van der Waals surface area contributed by atoms with Crippen molar-refractivity contribution in [3.63, 3.8) is 0 Å². The molecular weight excluding hydrogens is 240 g/mol. The monoisotopic (exact) mass is 262 g/mol. The maximum atomic E-state index is 12.2. The van der Waals surface area contributed by atoms with Gasteiger partial charge in [0.15, 0.2) is 0 Å². The second-order valence-corrected chi connectivity index (χ2v) is 5.43. The van der Waals surface area contributed by atoms with Crippen LogP contribution in [0.15, 0.2) is 6.07 Å². The molecule has 0 aromatic heterocycles. The molecule has 1 amide bonds. The number of carbonyl (C=O) groups excluding carboxylic acids is 1. The number of aryl methyl sites for hydroxylation is 1. The third kappa shape index (κ3) is 1.91. The van der Waals surface area contributed by atoms with Gasteiger partial charge < -0.3 is 4.74 Å². The van der Waals surface area contributed by atoms with Crippen molar-refractivity contribution in [3.8, 4) is 5.75 Å². The number of rotatable bonds is 3. The molecule has 1 aliphatic rings. The van der Waals surface area contributed by atoms with Gasteiger partial charge >= 0.3 is 0 Å². The number of amides is 1. The summed E-state index contributed by atoms with van der Waals surface area (Å²) in [4.78, 5) is 12.2. The van der Waals surface area contributed by atoms with Gasteiger partial charge in [-0.2, -0.15) is 0 Å². The van der Waals surface area contributed by atoms with E-state index in [1.165, 1.54) is 0 Å². The number of nitrogens with two attached hydrogens (primary N) is 1. The molecule has 0 unspecified atom stereocenters. The Balaban J connectivity index is 2.60. The first kappa shape index (κ1) is 13.9. The lowest BCUT2D eigenvalue weighted by Gasteiger charge is -2.41. The zero-order valence-electron chi connectivity index (χ0n) is 12.1. The lowest BCUT2D eigenvalue weighted by atomic mass is 9.62. The van der Waals surface area contributed by atoms with Gasteiger partial charge in [0.2, 0.25) is 5.91 Å². The van der Waals surface area contributed by atoms with Crippen LogP contribution in [0.5, 0.6) is 5.75 Å². The standard InChI is InChI=1S/C15H22N2O2/c1-9-8-12(10(2)11(3)13(9)19-4)15(6-5-7-15)14(18)17-16/h8H,5-7,16H2,1-4H3,(H,17,18). The summed E-state index contributed by atoms with van der Waals surface area (Å²) in [6.07, 6.45) is 2.79. The molecule has 0 saturated heterocycles. The van der Waals surface area contributed by atoms with Crippen molar-refractivity contribution in [2.45, 2.75) is 45.4 Å². The van der Waals surface area contributed by atoms with Gasteiger partial charge in [-0.3, -0.25) is 10.2 Å². The van der Waals surface area contributed by atoms with E-state index in [2.05, 4.69) is 18.4 Å². The Morgan fingerprint density at radius 3 is 2.37 bits per heavy atom. The van der Waals surface area contributed by atoms with Gasteiger partial charge in [-0.25, -0.2) is 5.84 Å². The zero-order chi connectivity index (χ0) is 14.2. The number of hydrogen-bond acceptors (Lipinski definition) is 3. The summed E-state index contributed by atoms with van der Waals surface area (Å²) in [7, 11) is 1.68. The highest BCUT2D eigenvalue weighted by Gasteiger charge is 2.46. The van der Waals surface area contributed by atoms with E-state index in [1.54, 1.807) is 7.11 Å². The minimum Gasteiger partial charge on any atom is -0.496 e. The van der Waals surface area contributed by atoms with Gasteiger partial charge in [0.25, 0.3) is 0 Å². The van der Waals surface area contributed by atoms with Crippen LogP contribution in [0.2, 0.25) is 0 Å². The third-order valence-corrected chi connectivity index (χ3v) is 4.52. The highest BCUT2D eigenvalue weighted by atomic mass is 16.5. The molecule has 0 aliphatic heterocycles. The molecule has 1 aromatic carbocycles. The van der Waals surface area contributed by atoms with Crippen LogP contribution in [0.1, 0.15) is 41.5 Å². The summed E-state index contributed by atoms with van der Waals surface area (Å²) in [5, 5.41) is 0. The second-order valence-electron chi connectivity index (χ2n) is 5.43. The quantitative estimate of drug-likeness (QED) is 0.497. The number of benzene rings is 1. The maximum Gasteiger partial charge on any atom is 0.244 e. The molecule has 2 rings (SSSR count). The van der Waals surface area contributed by atoms with Crippen molar-refractivity contribution in [1.82, 2.24) is 5.43 Å². The summed E-state index contributed by atoms with van der Waals surface area (Å²) < 4.78 is 5.44. The number of methoxy groups -OCH3 is 1. The van der Waals surface area contributed by atoms with Crippen LogP contribution in [0, 0.1) is 20.8 Å². The van der Waals surface area contributed by atoms with E-state index >= 15 is 0 Å². The maximum absolute atomic E-state index is 12.2. The predicted molar refractivity (Wildman–Crippen MR) is 75.1 cm³/mol. The zero-order valence-corrected chi connectivity index (χ0v) is 12.1. The van der Waals surface area contributed by atoms with Gasteiger partial charge in [0, 0.05) is 0 Å². The van der Waals surface area contributed by atoms with Crippen molar-refractivity contribution >= 4 is 5.91 Å². The van der Waals surface area contributed by atoms with Gasteiger partial charge in [0.05, 0.1) is 12.5 Å². The summed E-state index contributed by atoms with van der Waals surface area (Å²) in [5.74, 6) is 6.19. The molecule has 1 saturated carbocycles. The van der Waals surface area contributed by atoms with Crippen LogP contribution >= 0.6 is 0 Å². The first-order chi connectivity index (χ1) is 8.97. The Kier molecular flexibility index (Phi) is 3.54. The fourth-order valence-corrected chi connectivity index (χ4v) is 3.16. The number of carbonyl (C=O) groups is 1. The highest BCUT2D eigenvalue weighted by molar-refractivity contribution is 5.89. The Morgan fingerprint density at radius 2 is 1.95 bits per heavy atom. The molecule has 1 fully saturated rings. The Labute approximate surface area is 114 Å². The molecular formula is C15H22N2O2. The molecule has 4 nitrogen and oxygen atoms in total. The fourth-order valence-electron chi connectivity index (χ4n) is 3.16. The van der Waals surface area contributed by atoms with E-state index in [0.717, 1.165) is 47.3 Å². The van der Waals surface area contributed by atoms with Crippen LogP contribution in [-0.4, -0.2) is 13.0 Å². The van der Waals surface area contributed by atoms with Crippen LogP contribution in [-0.2, 0) is 10.2 Å². The molecule has 4 heteroatoms. The van der Waals surface area contributed by atoms with Crippen molar-refractivity contribution < 1.29 is 9.53 Å². The molecule has 0 heterocycles. The number of hydrazine groups is 1. The summed E-state index contributed by atoms with van der Waals surface area (Å²) in [6.45, 7) is 6.11. The molecule has 104 valence electrons. The second kappa shape index (κ2) is 4.85. The summed E-state index contributed by atoms with van der Waals surface area (Å²) in [5.41, 5.74) is 6.28. The van der Waals surface area contributed by atoms with E-state index in [4.69, 9.17) is 10.6 Å². The molecule has 3 N–H and O–H groups in total. The van der Waals surface area contributed by atoms with Gasteiger partial charge in [0.1, 0.15) is 5.75 Å². The molecule has 0 bridgehead atoms. The van der Waals surface area contributed by atoms with Crippen LogP contribution in [0.25, 0.3) is 0 Å². The summed E-state index contributed by atoms with van der Waals surface area (Å²) >= 11 is 0. The predicted octanol–water partition coefficient (Wildman–Crippen LogP) is 2.03. The van der Waals surface area contributed by atoms with E-state index in [0.29, 0.717) is 0 Å². The minimum absolute atomic E-state index is 0.0779. The third-order valence-electron chi connectivity index (χ3n) is 4.52. The smallest absolute Gasteiger partial charge is 0.244 e. The molecule has 19 heavy (non-hydrogen) atoms. The number of nitrogens with one attached hydrogen (secondary N) is 1.